The van der Waals surface area contributed by atoms with Gasteiger partial charge in [0.05, 0.1) is 22.5 Å². The van der Waals surface area contributed by atoms with E-state index in [2.05, 4.69) is 15.1 Å². The van der Waals surface area contributed by atoms with Crippen molar-refractivity contribution in [2.24, 2.45) is 0 Å². The number of nitrogens with one attached hydrogen (secondary N) is 1. The lowest BCUT2D eigenvalue weighted by atomic mass is 9.95. The van der Waals surface area contributed by atoms with Gasteiger partial charge in [-0.3, -0.25) is 4.90 Å². The van der Waals surface area contributed by atoms with E-state index < -0.39 is 6.17 Å². The predicted molar refractivity (Wildman–Crippen MR) is 152 cm³/mol. The third-order valence-electron chi connectivity index (χ3n) is 9.23. The second-order valence-corrected chi connectivity index (χ2v) is 11.8. The number of piperazine rings is 1. The Morgan fingerprint density at radius 3 is 3.00 bits per heavy atom. The molecule has 1 aromatic heterocycles. The van der Waals surface area contributed by atoms with Gasteiger partial charge in [0.1, 0.15) is 42.5 Å². The van der Waals surface area contributed by atoms with Crippen molar-refractivity contribution in [2.75, 3.05) is 50.8 Å². The van der Waals surface area contributed by atoms with E-state index in [1.807, 2.05) is 12.1 Å². The minimum Gasteiger partial charge on any atom is -0.508 e. The number of nitrogens with zero attached hydrogens (tertiary/aromatic N) is 4. The smallest absolute Gasteiger partial charge is 0.319 e. The molecule has 3 fully saturated rings. The van der Waals surface area contributed by atoms with E-state index in [0.717, 1.165) is 50.2 Å². The van der Waals surface area contributed by atoms with Gasteiger partial charge >= 0.3 is 6.01 Å². The lowest BCUT2D eigenvalue weighted by Gasteiger charge is -2.35. The molecule has 8 rings (SSSR count). The van der Waals surface area contributed by atoms with E-state index in [1.54, 1.807) is 24.3 Å². The van der Waals surface area contributed by atoms with Crippen LogP contribution < -0.4 is 19.7 Å². The summed E-state index contributed by atoms with van der Waals surface area (Å²) >= 11 is 0. The molecule has 4 aliphatic heterocycles. The van der Waals surface area contributed by atoms with Gasteiger partial charge in [0.2, 0.25) is 0 Å². The third-order valence-corrected chi connectivity index (χ3v) is 9.23. The Labute approximate surface area is 235 Å². The molecule has 3 aromatic carbocycles. The summed E-state index contributed by atoms with van der Waals surface area (Å²) in [5, 5.41) is 15.7. The number of ether oxygens (including phenoxy) is 2. The van der Waals surface area contributed by atoms with Gasteiger partial charge in [-0.2, -0.15) is 9.97 Å². The number of hydrogen-bond acceptors (Lipinski definition) is 8. The zero-order valence-electron chi connectivity index (χ0n) is 22.6. The van der Waals surface area contributed by atoms with E-state index in [4.69, 9.17) is 19.4 Å². The highest BCUT2D eigenvalue weighted by Gasteiger charge is 2.49. The van der Waals surface area contributed by atoms with Crippen molar-refractivity contribution in [2.45, 2.75) is 37.0 Å². The highest BCUT2D eigenvalue weighted by atomic mass is 19.1. The number of fused-ring (bicyclic) bond motifs is 4. The molecule has 0 bridgehead atoms. The molecule has 41 heavy (non-hydrogen) atoms. The predicted octanol–water partition coefficient (Wildman–Crippen LogP) is 4.42. The Kier molecular flexibility index (Phi) is 5.72. The van der Waals surface area contributed by atoms with E-state index >= 15 is 4.39 Å². The molecule has 0 amide bonds. The molecular formula is C31H31F2N5O3. The van der Waals surface area contributed by atoms with Gasteiger partial charge in [0, 0.05) is 38.0 Å². The molecule has 8 nitrogen and oxygen atoms in total. The van der Waals surface area contributed by atoms with Crippen molar-refractivity contribution < 1.29 is 23.4 Å². The van der Waals surface area contributed by atoms with E-state index in [0.29, 0.717) is 59.3 Å². The van der Waals surface area contributed by atoms with Gasteiger partial charge in [-0.25, -0.2) is 8.78 Å². The summed E-state index contributed by atoms with van der Waals surface area (Å²) in [6.07, 6.45) is 1.54. The van der Waals surface area contributed by atoms with Gasteiger partial charge < -0.3 is 24.8 Å². The van der Waals surface area contributed by atoms with Crippen LogP contribution in [0.25, 0.3) is 32.8 Å². The number of aromatic nitrogens is 2. The molecule has 3 atom stereocenters. The third kappa shape index (κ3) is 4.06. The molecule has 1 unspecified atom stereocenters. The van der Waals surface area contributed by atoms with E-state index in [-0.39, 0.29) is 29.2 Å². The van der Waals surface area contributed by atoms with Gasteiger partial charge in [-0.1, -0.05) is 12.1 Å². The number of benzene rings is 3. The summed E-state index contributed by atoms with van der Waals surface area (Å²) in [4.78, 5) is 14.2. The second kappa shape index (κ2) is 9.39. The van der Waals surface area contributed by atoms with Crippen molar-refractivity contribution in [3.05, 3.63) is 48.3 Å². The minimum atomic E-state index is -0.845. The zero-order chi connectivity index (χ0) is 27.7. The molecule has 0 saturated carbocycles. The number of anilines is 1. The minimum absolute atomic E-state index is 0.0451. The maximum absolute atomic E-state index is 15.1. The fourth-order valence-corrected chi connectivity index (χ4v) is 7.35. The van der Waals surface area contributed by atoms with Crippen LogP contribution in [0.1, 0.15) is 19.3 Å². The Morgan fingerprint density at radius 1 is 1.15 bits per heavy atom. The first-order valence-electron chi connectivity index (χ1n) is 14.4. The number of hydrogen-bond donors (Lipinski definition) is 2. The Bertz CT molecular complexity index is 1690. The molecule has 0 aliphatic carbocycles. The van der Waals surface area contributed by atoms with Crippen LogP contribution in [0.15, 0.2) is 42.5 Å². The van der Waals surface area contributed by atoms with Crippen LogP contribution >= 0.6 is 0 Å². The average Bonchev–Trinajstić information content (AvgIpc) is 3.44. The normalized spacial score (nSPS) is 25.7. The van der Waals surface area contributed by atoms with Crippen molar-refractivity contribution >= 4 is 27.5 Å². The van der Waals surface area contributed by atoms with E-state index in [9.17, 15) is 9.50 Å². The van der Waals surface area contributed by atoms with Gasteiger partial charge in [-0.15, -0.1) is 0 Å². The van der Waals surface area contributed by atoms with Crippen molar-refractivity contribution in [1.82, 2.24) is 20.2 Å². The quantitative estimate of drug-likeness (QED) is 0.380. The molecule has 2 N–H and O–H groups in total. The van der Waals surface area contributed by atoms with Crippen molar-refractivity contribution in [1.29, 1.82) is 0 Å². The summed E-state index contributed by atoms with van der Waals surface area (Å²) in [7, 11) is 0. The number of phenolic OH excluding ortho intramolecular Hbond substituents is 1. The Morgan fingerprint density at radius 2 is 2.07 bits per heavy atom. The van der Waals surface area contributed by atoms with Gasteiger partial charge in [0.25, 0.3) is 0 Å². The molecule has 212 valence electrons. The van der Waals surface area contributed by atoms with Crippen LogP contribution in [0.5, 0.6) is 17.5 Å². The zero-order valence-corrected chi connectivity index (χ0v) is 22.6. The van der Waals surface area contributed by atoms with Crippen LogP contribution in [0.3, 0.4) is 0 Å². The standard InChI is InChI=1S/C31H31F2N5O3/c32-20-13-31(5-2-7-37(31)15-20)17-41-30-35-25-10-19(23-12-22(39)9-18-3-1-4-24(33)27(18)23)11-26-28(25)29(36-30)38-8-6-34-14-21(38)16-40-26/h1,3-4,9-12,20-21,34,39H,2,5-8,13-17H2/t20-,21?,31+/m1/s1. The molecule has 5 heterocycles. The molecule has 0 radical (unpaired) electrons. The fourth-order valence-electron chi connectivity index (χ4n) is 7.35. The molecule has 0 spiro atoms. The van der Waals surface area contributed by atoms with Crippen LogP contribution in [0.4, 0.5) is 14.6 Å². The molecule has 10 heteroatoms. The number of alkyl halides is 1. The maximum atomic E-state index is 15.1. The first-order chi connectivity index (χ1) is 20.0. The number of phenols is 1. The highest BCUT2D eigenvalue weighted by Crippen LogP contribution is 2.44. The first-order valence-corrected chi connectivity index (χ1v) is 14.4. The monoisotopic (exact) mass is 559 g/mol. The van der Waals surface area contributed by atoms with Crippen molar-refractivity contribution in [3.8, 4) is 28.6 Å². The van der Waals surface area contributed by atoms with Gasteiger partial charge in [0.15, 0.2) is 0 Å². The lowest BCUT2D eigenvalue weighted by molar-refractivity contribution is 0.107. The topological polar surface area (TPSA) is 83.0 Å². The summed E-state index contributed by atoms with van der Waals surface area (Å²) in [5.41, 5.74) is 1.51. The first kappa shape index (κ1) is 25.0. The number of rotatable bonds is 4. The SMILES string of the molecule is Oc1cc(-c2cc3c4c(nc(OC[C@@]56CCCN5C[C@H](F)C6)nc4c2)N2CCNCC2CO3)c2c(F)cccc2c1. The summed E-state index contributed by atoms with van der Waals surface area (Å²) in [5.74, 6) is 1.03. The lowest BCUT2D eigenvalue weighted by Crippen LogP contribution is -2.53. The highest BCUT2D eigenvalue weighted by molar-refractivity contribution is 6.03. The molecule has 4 aromatic rings. The van der Waals surface area contributed by atoms with Crippen LogP contribution in [0, 0.1) is 5.82 Å². The molecular weight excluding hydrogens is 528 g/mol. The number of aromatic hydroxyl groups is 1. The summed E-state index contributed by atoms with van der Waals surface area (Å²) in [6.45, 7) is 4.43. The second-order valence-electron chi connectivity index (χ2n) is 11.8. The van der Waals surface area contributed by atoms with Crippen LogP contribution in [-0.4, -0.2) is 83.7 Å². The van der Waals surface area contributed by atoms with Crippen molar-refractivity contribution in [3.63, 3.8) is 0 Å². The van der Waals surface area contributed by atoms with Crippen LogP contribution in [-0.2, 0) is 0 Å². The Balaban J connectivity index is 1.28. The summed E-state index contributed by atoms with van der Waals surface area (Å²) in [6, 6.07) is 12.0. The number of halogens is 2. The molecule has 4 aliphatic rings. The largest absolute Gasteiger partial charge is 0.508 e. The summed E-state index contributed by atoms with van der Waals surface area (Å²) < 4.78 is 42.2. The van der Waals surface area contributed by atoms with Crippen LogP contribution in [0.2, 0.25) is 0 Å². The van der Waals surface area contributed by atoms with Gasteiger partial charge in [-0.05, 0) is 66.2 Å². The Hall–Kier alpha value is -3.76. The molecule has 3 saturated heterocycles. The maximum Gasteiger partial charge on any atom is 0.319 e. The fraction of sp³-hybridized carbons (Fsp3) is 0.419. The van der Waals surface area contributed by atoms with E-state index in [1.165, 1.54) is 6.07 Å². The average molecular weight is 560 g/mol.